The number of aryl methyl sites for hydroxylation is 1. The van der Waals surface area contributed by atoms with Gasteiger partial charge in [0.1, 0.15) is 5.69 Å². The third-order valence-electron chi connectivity index (χ3n) is 5.13. The predicted molar refractivity (Wildman–Crippen MR) is 123 cm³/mol. The number of nitrogens with one attached hydrogen (secondary N) is 1. The molecule has 0 aliphatic heterocycles. The van der Waals surface area contributed by atoms with E-state index in [9.17, 15) is 9.59 Å². The van der Waals surface area contributed by atoms with Crippen LogP contribution in [0.4, 0.5) is 0 Å². The Morgan fingerprint density at radius 3 is 2.42 bits per heavy atom. The van der Waals surface area contributed by atoms with Crippen LogP contribution in [-0.2, 0) is 9.53 Å². The molecule has 4 rings (SSSR count). The lowest BCUT2D eigenvalue weighted by atomic mass is 10.0. The van der Waals surface area contributed by atoms with Crippen LogP contribution in [0.2, 0.25) is 0 Å². The quantitative estimate of drug-likeness (QED) is 0.436. The number of benzene rings is 2. The van der Waals surface area contributed by atoms with Gasteiger partial charge in [-0.05, 0) is 32.0 Å². The molecule has 1 N–H and O–H groups in total. The largest absolute Gasteiger partial charge is 0.480 e. The van der Waals surface area contributed by atoms with Gasteiger partial charge in [0.05, 0.1) is 19.4 Å². The van der Waals surface area contributed by atoms with Crippen molar-refractivity contribution in [2.24, 2.45) is 0 Å². The van der Waals surface area contributed by atoms with Gasteiger partial charge in [0.25, 0.3) is 5.91 Å². The number of imidazole rings is 1. The Morgan fingerprint density at radius 1 is 1.03 bits per heavy atom. The number of rotatable bonds is 7. The zero-order valence-electron chi connectivity index (χ0n) is 18.6. The maximum atomic E-state index is 13.1. The predicted octanol–water partition coefficient (Wildman–Crippen LogP) is 3.75. The lowest BCUT2D eigenvalue weighted by Crippen LogP contribution is -2.36. The van der Waals surface area contributed by atoms with Gasteiger partial charge in [0.2, 0.25) is 5.88 Å². The Bertz CT molecular complexity index is 1280. The van der Waals surface area contributed by atoms with Crippen LogP contribution in [0.1, 0.15) is 34.6 Å². The van der Waals surface area contributed by atoms with Crippen molar-refractivity contribution in [1.29, 1.82) is 0 Å². The van der Waals surface area contributed by atoms with E-state index in [1.165, 1.54) is 11.6 Å². The van der Waals surface area contributed by atoms with Crippen molar-refractivity contribution >= 4 is 17.5 Å². The van der Waals surface area contributed by atoms with Crippen molar-refractivity contribution in [3.05, 3.63) is 83.6 Å². The first-order chi connectivity index (χ1) is 16.0. The third-order valence-corrected chi connectivity index (χ3v) is 5.13. The second-order valence-corrected chi connectivity index (χ2v) is 7.38. The van der Waals surface area contributed by atoms with Crippen molar-refractivity contribution in [2.45, 2.75) is 19.9 Å². The summed E-state index contributed by atoms with van der Waals surface area (Å²) in [5.41, 5.74) is 3.69. The maximum Gasteiger partial charge on any atom is 0.335 e. The first-order valence-corrected chi connectivity index (χ1v) is 10.5. The van der Waals surface area contributed by atoms with Crippen LogP contribution < -0.4 is 10.1 Å². The fraction of sp³-hybridized carbons (Fsp3) is 0.200. The number of fused-ring (bicyclic) bond motifs is 1. The number of carbonyl (C=O) groups excluding carboxylic acids is 2. The molecule has 8 heteroatoms. The van der Waals surface area contributed by atoms with Crippen LogP contribution in [-0.4, -0.2) is 40.2 Å². The number of aromatic nitrogens is 3. The van der Waals surface area contributed by atoms with Crippen LogP contribution in [0, 0.1) is 6.92 Å². The molecule has 2 heterocycles. The van der Waals surface area contributed by atoms with Crippen molar-refractivity contribution < 1.29 is 19.1 Å². The number of nitrogens with zero attached hydrogens (tertiary/aromatic N) is 3. The normalized spacial score (nSPS) is 11.7. The van der Waals surface area contributed by atoms with Gasteiger partial charge in [-0.2, -0.15) is 0 Å². The molecule has 0 aliphatic carbocycles. The maximum absolute atomic E-state index is 13.1. The molecule has 2 aromatic carbocycles. The van der Waals surface area contributed by atoms with E-state index in [0.29, 0.717) is 28.5 Å². The highest BCUT2D eigenvalue weighted by Crippen LogP contribution is 2.30. The average molecular weight is 444 g/mol. The summed E-state index contributed by atoms with van der Waals surface area (Å²) in [6.07, 6.45) is 0. The molecule has 168 valence electrons. The van der Waals surface area contributed by atoms with E-state index in [1.807, 2.05) is 37.3 Å². The van der Waals surface area contributed by atoms with Crippen LogP contribution >= 0.6 is 0 Å². The molecule has 1 unspecified atom stereocenters. The molecule has 0 aliphatic rings. The lowest BCUT2D eigenvalue weighted by molar-refractivity contribution is -0.145. The van der Waals surface area contributed by atoms with Crippen LogP contribution in [0.15, 0.2) is 66.7 Å². The summed E-state index contributed by atoms with van der Waals surface area (Å²) in [5, 5.41) is 7.29. The molecular weight excluding hydrogens is 420 g/mol. The van der Waals surface area contributed by atoms with E-state index in [2.05, 4.69) is 10.4 Å². The molecule has 4 aromatic rings. The topological polar surface area (TPSA) is 94.8 Å². The standard InChI is InChI=1S/C25H24N4O4/c1-4-33-25(31)22(27-24(30)18-8-6-5-7-9-18)23-21(17-12-10-16(2)11-13-17)26-19-14-15-20(32-3)28-29(19)23/h5-15,22H,4H2,1-3H3,(H,27,30). The molecule has 0 radical (unpaired) electrons. The van der Waals surface area contributed by atoms with Crippen molar-refractivity contribution in [3.63, 3.8) is 0 Å². The Labute approximate surface area is 191 Å². The van der Waals surface area contributed by atoms with Gasteiger partial charge in [-0.25, -0.2) is 14.3 Å². The summed E-state index contributed by atoms with van der Waals surface area (Å²) in [6, 6.07) is 18.7. The minimum absolute atomic E-state index is 0.157. The Kier molecular flexibility index (Phi) is 6.35. The fourth-order valence-electron chi connectivity index (χ4n) is 3.49. The number of ether oxygens (including phenoxy) is 2. The van der Waals surface area contributed by atoms with E-state index >= 15 is 0 Å². The molecular formula is C25H24N4O4. The number of hydrogen-bond acceptors (Lipinski definition) is 6. The van der Waals surface area contributed by atoms with E-state index in [4.69, 9.17) is 14.5 Å². The van der Waals surface area contributed by atoms with Crippen LogP contribution in [0.3, 0.4) is 0 Å². The first kappa shape index (κ1) is 22.0. The Morgan fingerprint density at radius 2 is 1.76 bits per heavy atom. The highest BCUT2D eigenvalue weighted by molar-refractivity contribution is 5.97. The van der Waals surface area contributed by atoms with Gasteiger partial charge in [-0.3, -0.25) is 4.79 Å². The molecule has 33 heavy (non-hydrogen) atoms. The average Bonchev–Trinajstić information content (AvgIpc) is 3.21. The summed E-state index contributed by atoms with van der Waals surface area (Å²) < 4.78 is 12.1. The molecule has 1 amide bonds. The molecule has 8 nitrogen and oxygen atoms in total. The van der Waals surface area contributed by atoms with E-state index < -0.39 is 17.9 Å². The molecule has 0 spiro atoms. The summed E-state index contributed by atoms with van der Waals surface area (Å²) >= 11 is 0. The third kappa shape index (κ3) is 4.55. The summed E-state index contributed by atoms with van der Waals surface area (Å²) in [7, 11) is 1.51. The van der Waals surface area contributed by atoms with E-state index in [0.717, 1.165) is 11.1 Å². The summed E-state index contributed by atoms with van der Waals surface area (Å²) in [4.78, 5) is 30.8. The highest BCUT2D eigenvalue weighted by Gasteiger charge is 2.32. The second-order valence-electron chi connectivity index (χ2n) is 7.38. The molecule has 0 saturated heterocycles. The zero-order chi connectivity index (χ0) is 23.4. The summed E-state index contributed by atoms with van der Waals surface area (Å²) in [5.74, 6) is -0.684. The number of amides is 1. The van der Waals surface area contributed by atoms with E-state index in [-0.39, 0.29) is 6.61 Å². The monoisotopic (exact) mass is 444 g/mol. The highest BCUT2D eigenvalue weighted by atomic mass is 16.5. The number of esters is 1. The fourth-order valence-corrected chi connectivity index (χ4v) is 3.49. The van der Waals surface area contributed by atoms with Gasteiger partial charge in [0.15, 0.2) is 11.7 Å². The Balaban J connectivity index is 1.90. The zero-order valence-corrected chi connectivity index (χ0v) is 18.6. The first-order valence-electron chi connectivity index (χ1n) is 10.5. The van der Waals surface area contributed by atoms with Crippen molar-refractivity contribution in [3.8, 4) is 17.1 Å². The van der Waals surface area contributed by atoms with Crippen LogP contribution in [0.25, 0.3) is 16.9 Å². The SMILES string of the molecule is CCOC(=O)C(NC(=O)c1ccccc1)c1c(-c2ccc(C)cc2)nc2ccc(OC)nn12. The van der Waals surface area contributed by atoms with Crippen molar-refractivity contribution in [1.82, 2.24) is 19.9 Å². The minimum atomic E-state index is -1.15. The van der Waals surface area contributed by atoms with E-state index in [1.54, 1.807) is 43.3 Å². The van der Waals surface area contributed by atoms with Crippen molar-refractivity contribution in [2.75, 3.05) is 13.7 Å². The van der Waals surface area contributed by atoms with Gasteiger partial charge in [0, 0.05) is 17.2 Å². The summed E-state index contributed by atoms with van der Waals surface area (Å²) in [6.45, 7) is 3.86. The molecule has 0 fully saturated rings. The van der Waals surface area contributed by atoms with Gasteiger partial charge >= 0.3 is 5.97 Å². The number of carbonyl (C=O) groups is 2. The second kappa shape index (κ2) is 9.52. The smallest absolute Gasteiger partial charge is 0.335 e. The Hall–Kier alpha value is -4.20. The number of methoxy groups -OCH3 is 1. The minimum Gasteiger partial charge on any atom is -0.480 e. The molecule has 0 saturated carbocycles. The molecule has 2 aromatic heterocycles. The number of hydrogen-bond donors (Lipinski definition) is 1. The van der Waals surface area contributed by atoms with Gasteiger partial charge in [-0.1, -0.05) is 48.0 Å². The molecule has 1 atom stereocenters. The van der Waals surface area contributed by atoms with Crippen LogP contribution in [0.5, 0.6) is 5.88 Å². The lowest BCUT2D eigenvalue weighted by Gasteiger charge is -2.18. The van der Waals surface area contributed by atoms with Gasteiger partial charge in [-0.15, -0.1) is 5.10 Å². The van der Waals surface area contributed by atoms with Gasteiger partial charge < -0.3 is 14.8 Å². The molecule has 0 bridgehead atoms.